The average Bonchev–Trinajstić information content (AvgIpc) is 3.25. The Bertz CT molecular complexity index is 938. The third-order valence-electron chi connectivity index (χ3n) is 7.37. The number of piperazine rings is 1. The third kappa shape index (κ3) is 5.29. The Labute approximate surface area is 201 Å². The van der Waals surface area contributed by atoms with Gasteiger partial charge in [-0.15, -0.1) is 0 Å². The van der Waals surface area contributed by atoms with Crippen molar-refractivity contribution in [1.82, 2.24) is 20.4 Å². The molecule has 1 saturated carbocycles. The molecule has 9 heteroatoms. The Morgan fingerprint density at radius 3 is 2.44 bits per heavy atom. The maximum atomic E-state index is 13.5. The summed E-state index contributed by atoms with van der Waals surface area (Å²) in [5.41, 5.74) is 1.58. The minimum absolute atomic E-state index is 0.0191. The van der Waals surface area contributed by atoms with Crippen LogP contribution >= 0.6 is 0 Å². The van der Waals surface area contributed by atoms with E-state index in [1.165, 1.54) is 6.42 Å². The van der Waals surface area contributed by atoms with Gasteiger partial charge in [0.1, 0.15) is 11.8 Å². The van der Waals surface area contributed by atoms with Gasteiger partial charge in [-0.1, -0.05) is 19.3 Å². The molecule has 3 amide bonds. The monoisotopic (exact) mass is 469 g/mol. The molecule has 0 spiro atoms. The zero-order valence-corrected chi connectivity index (χ0v) is 20.5. The normalized spacial score (nSPS) is 24.6. The molecule has 2 N–H and O–H groups in total. The van der Waals surface area contributed by atoms with Crippen molar-refractivity contribution in [3.8, 4) is 0 Å². The van der Waals surface area contributed by atoms with Crippen molar-refractivity contribution in [2.75, 3.05) is 33.2 Å². The number of fused-ring (bicyclic) bond motifs is 1. The van der Waals surface area contributed by atoms with Gasteiger partial charge in [0.25, 0.3) is 12.1 Å². The predicted molar refractivity (Wildman–Crippen MR) is 131 cm³/mol. The fraction of sp³-hybridized carbons (Fsp3) is 0.640. The molecule has 0 aromatic heterocycles. The van der Waals surface area contributed by atoms with E-state index in [0.717, 1.165) is 31.4 Å². The first-order valence-electron chi connectivity index (χ1n) is 12.5. The summed E-state index contributed by atoms with van der Waals surface area (Å²) in [5, 5.41) is 5.99. The second kappa shape index (κ2) is 10.6. The maximum absolute atomic E-state index is 13.5. The predicted octanol–water partition coefficient (Wildman–Crippen LogP) is 0.668. The van der Waals surface area contributed by atoms with E-state index in [9.17, 15) is 14.4 Å². The minimum atomic E-state index is -0.500. The Morgan fingerprint density at radius 2 is 1.76 bits per heavy atom. The highest BCUT2D eigenvalue weighted by Gasteiger charge is 2.37. The summed E-state index contributed by atoms with van der Waals surface area (Å²) in [6.07, 6.45) is 12.7. The molecule has 0 aromatic carbocycles. The smallest absolute Gasteiger partial charge is 0.271 e. The summed E-state index contributed by atoms with van der Waals surface area (Å²) >= 11 is 0. The van der Waals surface area contributed by atoms with Gasteiger partial charge in [0.2, 0.25) is 11.8 Å². The molecule has 0 radical (unpaired) electrons. The van der Waals surface area contributed by atoms with Gasteiger partial charge < -0.3 is 20.4 Å². The number of rotatable bonds is 6. The van der Waals surface area contributed by atoms with E-state index in [2.05, 4.69) is 15.6 Å². The highest BCUT2D eigenvalue weighted by Crippen LogP contribution is 2.28. The fourth-order valence-corrected chi connectivity index (χ4v) is 5.15. The molecule has 2 fully saturated rings. The van der Waals surface area contributed by atoms with Gasteiger partial charge in [-0.2, -0.15) is 4.58 Å². The molecule has 184 valence electrons. The van der Waals surface area contributed by atoms with Crippen LogP contribution in [0.25, 0.3) is 0 Å². The van der Waals surface area contributed by atoms with Crippen LogP contribution in [-0.2, 0) is 14.4 Å². The third-order valence-corrected chi connectivity index (χ3v) is 7.37. The lowest BCUT2D eigenvalue weighted by atomic mass is 9.83. The summed E-state index contributed by atoms with van der Waals surface area (Å²) < 4.78 is 1.98. The van der Waals surface area contributed by atoms with Crippen LogP contribution < -0.4 is 10.6 Å². The molecule has 0 bridgehead atoms. The number of hydrogen-bond donors (Lipinski definition) is 2. The van der Waals surface area contributed by atoms with Gasteiger partial charge >= 0.3 is 0 Å². The molecule has 34 heavy (non-hydrogen) atoms. The number of likely N-dealkylation sites (N-methyl/N-ethyl adjacent to an activating group) is 1. The van der Waals surface area contributed by atoms with E-state index in [1.54, 1.807) is 14.0 Å². The van der Waals surface area contributed by atoms with Gasteiger partial charge in [-0.05, 0) is 39.7 Å². The molecular weight excluding hydrogens is 432 g/mol. The molecule has 1 aliphatic carbocycles. The van der Waals surface area contributed by atoms with Crippen LogP contribution in [0.3, 0.4) is 0 Å². The van der Waals surface area contributed by atoms with Gasteiger partial charge in [0.15, 0.2) is 12.4 Å². The van der Waals surface area contributed by atoms with Gasteiger partial charge in [-0.3, -0.25) is 14.4 Å². The van der Waals surface area contributed by atoms with Gasteiger partial charge in [-0.25, -0.2) is 4.99 Å². The number of aliphatic imine (C=N–C) groups is 1. The summed E-state index contributed by atoms with van der Waals surface area (Å²) in [5.74, 6) is -0.0221. The number of amides is 3. The number of hydrogen-bond acceptors (Lipinski definition) is 5. The molecule has 1 saturated heterocycles. The Hall–Kier alpha value is -2.81. The summed E-state index contributed by atoms with van der Waals surface area (Å²) in [7, 11) is 1.74. The van der Waals surface area contributed by atoms with Gasteiger partial charge in [0.05, 0.1) is 11.6 Å². The van der Waals surface area contributed by atoms with E-state index in [1.807, 2.05) is 45.9 Å². The zero-order valence-electron chi connectivity index (χ0n) is 20.5. The maximum Gasteiger partial charge on any atom is 0.271 e. The largest absolute Gasteiger partial charge is 0.343 e. The molecule has 4 aliphatic rings. The molecule has 4 rings (SSSR count). The Balaban J connectivity index is 1.37. The molecule has 3 heterocycles. The van der Waals surface area contributed by atoms with Gasteiger partial charge in [0, 0.05) is 38.3 Å². The molecule has 0 aromatic rings. The van der Waals surface area contributed by atoms with Crippen molar-refractivity contribution in [1.29, 1.82) is 0 Å². The Morgan fingerprint density at radius 1 is 1.09 bits per heavy atom. The van der Waals surface area contributed by atoms with Crippen molar-refractivity contribution < 1.29 is 19.0 Å². The summed E-state index contributed by atoms with van der Waals surface area (Å²) in [6, 6.07) is -0.854. The van der Waals surface area contributed by atoms with Crippen molar-refractivity contribution >= 4 is 29.6 Å². The molecule has 3 atom stereocenters. The Kier molecular flexibility index (Phi) is 7.60. The standard InChI is InChI=1S/C25H36N6O3/c1-17-16-31-10-9-20(15-21(31)27-17)24(33)29-11-13-30(14-12-29)25(34)22(19-7-5-4-6-8-19)28-23(32)18(2)26-3/h9-10,15-16,18-19,21-22,26H,4-8,11-14H2,1-3H3/p+1/t18-,21?,22-/m0/s1. The number of nitrogens with one attached hydrogen (secondary N) is 2. The van der Waals surface area contributed by atoms with E-state index in [0.29, 0.717) is 31.8 Å². The van der Waals surface area contributed by atoms with Crippen LogP contribution in [0.1, 0.15) is 46.0 Å². The van der Waals surface area contributed by atoms with Crippen molar-refractivity contribution in [3.05, 3.63) is 23.9 Å². The second-order valence-corrected chi connectivity index (χ2v) is 9.71. The minimum Gasteiger partial charge on any atom is -0.343 e. The molecule has 9 nitrogen and oxygen atoms in total. The fourth-order valence-electron chi connectivity index (χ4n) is 5.15. The number of carbonyl (C=O) groups is 3. The lowest BCUT2D eigenvalue weighted by Crippen LogP contribution is -2.59. The molecule has 1 unspecified atom stereocenters. The quantitative estimate of drug-likeness (QED) is 0.559. The number of carbonyl (C=O) groups excluding carboxylic acids is 3. The van der Waals surface area contributed by atoms with Crippen molar-refractivity contribution in [2.45, 2.75) is 64.2 Å². The summed E-state index contributed by atoms with van der Waals surface area (Å²) in [6.45, 7) is 5.66. The number of nitrogens with zero attached hydrogens (tertiary/aromatic N) is 4. The van der Waals surface area contributed by atoms with E-state index >= 15 is 0 Å². The lowest BCUT2D eigenvalue weighted by molar-refractivity contribution is -0.476. The van der Waals surface area contributed by atoms with Crippen LogP contribution in [0, 0.1) is 5.92 Å². The molecule has 3 aliphatic heterocycles. The first-order chi connectivity index (χ1) is 16.4. The van der Waals surface area contributed by atoms with Crippen LogP contribution in [0.5, 0.6) is 0 Å². The zero-order chi connectivity index (χ0) is 24.2. The van der Waals surface area contributed by atoms with Crippen LogP contribution in [0.4, 0.5) is 0 Å². The van der Waals surface area contributed by atoms with E-state index in [-0.39, 0.29) is 35.8 Å². The average molecular weight is 470 g/mol. The van der Waals surface area contributed by atoms with Crippen molar-refractivity contribution in [2.24, 2.45) is 10.9 Å². The highest BCUT2D eigenvalue weighted by molar-refractivity contribution is 6.28. The first kappa shape index (κ1) is 24.3. The van der Waals surface area contributed by atoms with E-state index < -0.39 is 6.04 Å². The topological polar surface area (TPSA) is 97.1 Å². The van der Waals surface area contributed by atoms with E-state index in [4.69, 9.17) is 0 Å². The SMILES string of the molecule is CN[C@@H](C)C(=O)N[C@H](C(=O)N1CCN(C(=O)C2=CC3N=C(C)C=[N+]3C=C2)CC1)C1CCCCC1. The summed E-state index contributed by atoms with van der Waals surface area (Å²) in [4.78, 5) is 47.4. The highest BCUT2D eigenvalue weighted by atomic mass is 16.2. The second-order valence-electron chi connectivity index (χ2n) is 9.71. The molecular formula is C25H37N6O3+. The first-order valence-corrected chi connectivity index (χ1v) is 12.5. The lowest BCUT2D eigenvalue weighted by Gasteiger charge is -2.39. The van der Waals surface area contributed by atoms with Crippen LogP contribution in [0.2, 0.25) is 0 Å². The van der Waals surface area contributed by atoms with Crippen LogP contribution in [0.15, 0.2) is 28.9 Å². The van der Waals surface area contributed by atoms with Crippen LogP contribution in [-0.4, -0.2) is 95.5 Å². The van der Waals surface area contributed by atoms with Crippen molar-refractivity contribution in [3.63, 3.8) is 0 Å².